The summed E-state index contributed by atoms with van der Waals surface area (Å²) in [5, 5.41) is 4.23. The van der Waals surface area contributed by atoms with Crippen LogP contribution in [0.3, 0.4) is 0 Å². The van der Waals surface area contributed by atoms with Crippen molar-refractivity contribution >= 4 is 5.91 Å². The molecule has 122 valence electrons. The van der Waals surface area contributed by atoms with E-state index in [0.29, 0.717) is 11.1 Å². The zero-order valence-electron chi connectivity index (χ0n) is 13.6. The number of benzene rings is 2. The standard InChI is InChI=1S/C19H18FN3O/c1-14(17-10-6-7-11-18(17)20)22(2)19(24)15-12-21-23(13-15)16-8-4-3-5-9-16/h3-14H,1-2H3. The summed E-state index contributed by atoms with van der Waals surface area (Å²) in [6, 6.07) is 15.7. The molecule has 1 aromatic heterocycles. The summed E-state index contributed by atoms with van der Waals surface area (Å²) >= 11 is 0. The SMILES string of the molecule is CC(c1ccccc1F)N(C)C(=O)c1cnn(-c2ccccc2)c1. The van der Waals surface area contributed by atoms with Crippen LogP contribution in [-0.4, -0.2) is 27.6 Å². The van der Waals surface area contributed by atoms with Crippen LogP contribution in [-0.2, 0) is 0 Å². The number of rotatable bonds is 4. The Hall–Kier alpha value is -2.95. The molecule has 2 aromatic carbocycles. The van der Waals surface area contributed by atoms with Crippen molar-refractivity contribution in [1.82, 2.24) is 14.7 Å². The van der Waals surface area contributed by atoms with E-state index in [1.807, 2.05) is 30.3 Å². The largest absolute Gasteiger partial charge is 0.335 e. The van der Waals surface area contributed by atoms with Gasteiger partial charge in [0.15, 0.2) is 0 Å². The first-order valence-electron chi connectivity index (χ1n) is 7.69. The first-order valence-corrected chi connectivity index (χ1v) is 7.69. The number of hydrogen-bond donors (Lipinski definition) is 0. The minimum atomic E-state index is -0.376. The van der Waals surface area contributed by atoms with Crippen LogP contribution in [0.5, 0.6) is 0 Å². The fourth-order valence-corrected chi connectivity index (χ4v) is 2.56. The van der Waals surface area contributed by atoms with Gasteiger partial charge in [0.1, 0.15) is 5.82 Å². The molecule has 0 bridgehead atoms. The maximum Gasteiger partial charge on any atom is 0.257 e. The summed E-state index contributed by atoms with van der Waals surface area (Å²) in [5.74, 6) is -0.516. The first kappa shape index (κ1) is 15.9. The van der Waals surface area contributed by atoms with Gasteiger partial charge in [0, 0.05) is 18.8 Å². The molecule has 0 aliphatic heterocycles. The molecule has 0 aliphatic carbocycles. The second-order valence-corrected chi connectivity index (χ2v) is 5.62. The summed E-state index contributed by atoms with van der Waals surface area (Å²) in [6.07, 6.45) is 3.21. The zero-order chi connectivity index (χ0) is 17.1. The molecule has 1 unspecified atom stereocenters. The van der Waals surface area contributed by atoms with E-state index < -0.39 is 0 Å². The number of nitrogens with zero attached hydrogens (tertiary/aromatic N) is 3. The highest BCUT2D eigenvalue weighted by atomic mass is 19.1. The van der Waals surface area contributed by atoms with Gasteiger partial charge < -0.3 is 4.90 Å². The smallest absolute Gasteiger partial charge is 0.257 e. The van der Waals surface area contributed by atoms with Crippen molar-refractivity contribution in [2.75, 3.05) is 7.05 Å². The Bertz CT molecular complexity index is 845. The number of halogens is 1. The van der Waals surface area contributed by atoms with Crippen molar-refractivity contribution in [1.29, 1.82) is 0 Å². The number of para-hydroxylation sites is 1. The third kappa shape index (κ3) is 3.06. The molecule has 0 spiro atoms. The monoisotopic (exact) mass is 323 g/mol. The Morgan fingerprint density at radius 1 is 1.12 bits per heavy atom. The van der Waals surface area contributed by atoms with Crippen molar-refractivity contribution in [3.8, 4) is 5.69 Å². The second kappa shape index (κ2) is 6.66. The van der Waals surface area contributed by atoms with Gasteiger partial charge >= 0.3 is 0 Å². The molecule has 0 saturated carbocycles. The molecule has 0 aliphatic rings. The fraction of sp³-hybridized carbons (Fsp3) is 0.158. The van der Waals surface area contributed by atoms with E-state index in [4.69, 9.17) is 0 Å². The summed E-state index contributed by atoms with van der Waals surface area (Å²) in [6.45, 7) is 1.80. The Morgan fingerprint density at radius 3 is 2.50 bits per heavy atom. The van der Waals surface area contributed by atoms with E-state index in [0.717, 1.165) is 5.69 Å². The van der Waals surface area contributed by atoms with E-state index in [-0.39, 0.29) is 17.8 Å². The maximum atomic E-state index is 13.9. The average Bonchev–Trinajstić information content (AvgIpc) is 3.11. The van der Waals surface area contributed by atoms with Gasteiger partial charge in [-0.05, 0) is 25.1 Å². The Labute approximate surface area is 140 Å². The van der Waals surface area contributed by atoms with E-state index in [1.54, 1.807) is 43.0 Å². The normalized spacial score (nSPS) is 12.0. The van der Waals surface area contributed by atoms with E-state index in [2.05, 4.69) is 5.10 Å². The number of amides is 1. The molecule has 1 amide bonds. The van der Waals surface area contributed by atoms with Crippen molar-refractivity contribution in [2.45, 2.75) is 13.0 Å². The lowest BCUT2D eigenvalue weighted by Gasteiger charge is -2.25. The van der Waals surface area contributed by atoms with Crippen molar-refractivity contribution < 1.29 is 9.18 Å². The van der Waals surface area contributed by atoms with Gasteiger partial charge in [-0.25, -0.2) is 9.07 Å². The van der Waals surface area contributed by atoms with E-state index in [9.17, 15) is 9.18 Å². The molecule has 1 heterocycles. The van der Waals surface area contributed by atoms with Crippen LogP contribution in [0.4, 0.5) is 4.39 Å². The molecular weight excluding hydrogens is 305 g/mol. The fourth-order valence-electron chi connectivity index (χ4n) is 2.56. The molecule has 5 heteroatoms. The van der Waals surface area contributed by atoms with Crippen LogP contribution in [0.1, 0.15) is 28.9 Å². The third-order valence-corrected chi connectivity index (χ3v) is 4.11. The Kier molecular flexibility index (Phi) is 4.42. The number of carbonyl (C=O) groups is 1. The zero-order valence-corrected chi connectivity index (χ0v) is 13.6. The highest BCUT2D eigenvalue weighted by molar-refractivity contribution is 5.93. The van der Waals surface area contributed by atoms with Crippen molar-refractivity contribution in [2.24, 2.45) is 0 Å². The predicted octanol–water partition coefficient (Wildman–Crippen LogP) is 3.84. The highest BCUT2D eigenvalue weighted by Crippen LogP contribution is 2.23. The summed E-state index contributed by atoms with van der Waals surface area (Å²) in [4.78, 5) is 14.2. The number of hydrogen-bond acceptors (Lipinski definition) is 2. The Balaban J connectivity index is 1.82. The quantitative estimate of drug-likeness (QED) is 0.731. The third-order valence-electron chi connectivity index (χ3n) is 4.11. The van der Waals surface area contributed by atoms with Crippen LogP contribution < -0.4 is 0 Å². The Morgan fingerprint density at radius 2 is 1.79 bits per heavy atom. The van der Waals surface area contributed by atoms with Gasteiger partial charge in [-0.1, -0.05) is 36.4 Å². The van der Waals surface area contributed by atoms with Crippen LogP contribution in [0.25, 0.3) is 5.69 Å². The van der Waals surface area contributed by atoms with Gasteiger partial charge in [-0.15, -0.1) is 0 Å². The van der Waals surface area contributed by atoms with Gasteiger partial charge in [-0.2, -0.15) is 5.10 Å². The lowest BCUT2D eigenvalue weighted by atomic mass is 10.1. The molecule has 0 radical (unpaired) electrons. The van der Waals surface area contributed by atoms with Crippen LogP contribution in [0, 0.1) is 5.82 Å². The van der Waals surface area contributed by atoms with Crippen LogP contribution in [0.2, 0.25) is 0 Å². The number of aromatic nitrogens is 2. The topological polar surface area (TPSA) is 38.1 Å². The van der Waals surface area contributed by atoms with E-state index in [1.165, 1.54) is 17.2 Å². The van der Waals surface area contributed by atoms with Crippen LogP contribution >= 0.6 is 0 Å². The molecule has 0 N–H and O–H groups in total. The maximum absolute atomic E-state index is 13.9. The highest BCUT2D eigenvalue weighted by Gasteiger charge is 2.22. The molecule has 3 aromatic rings. The van der Waals surface area contributed by atoms with Gasteiger partial charge in [-0.3, -0.25) is 4.79 Å². The minimum absolute atomic E-state index is 0.201. The van der Waals surface area contributed by atoms with E-state index >= 15 is 0 Å². The van der Waals surface area contributed by atoms with Gasteiger partial charge in [0.2, 0.25) is 0 Å². The molecule has 0 saturated heterocycles. The molecule has 0 fully saturated rings. The lowest BCUT2D eigenvalue weighted by Crippen LogP contribution is -2.29. The number of carbonyl (C=O) groups excluding carboxylic acids is 1. The molecule has 4 nitrogen and oxygen atoms in total. The summed E-state index contributed by atoms with van der Waals surface area (Å²) in [7, 11) is 1.67. The van der Waals surface area contributed by atoms with Crippen LogP contribution in [0.15, 0.2) is 67.0 Å². The van der Waals surface area contributed by atoms with Crippen molar-refractivity contribution in [3.63, 3.8) is 0 Å². The van der Waals surface area contributed by atoms with Gasteiger partial charge in [0.25, 0.3) is 5.91 Å². The second-order valence-electron chi connectivity index (χ2n) is 5.62. The molecule has 24 heavy (non-hydrogen) atoms. The minimum Gasteiger partial charge on any atom is -0.335 e. The van der Waals surface area contributed by atoms with Crippen molar-refractivity contribution in [3.05, 3.63) is 83.9 Å². The average molecular weight is 323 g/mol. The molecule has 1 atom stereocenters. The molecular formula is C19H18FN3O. The van der Waals surface area contributed by atoms with Gasteiger partial charge in [0.05, 0.1) is 23.5 Å². The molecule has 3 rings (SSSR count). The lowest BCUT2D eigenvalue weighted by molar-refractivity contribution is 0.0740. The summed E-state index contributed by atoms with van der Waals surface area (Å²) < 4.78 is 15.6. The summed E-state index contributed by atoms with van der Waals surface area (Å²) in [5.41, 5.74) is 1.83. The first-order chi connectivity index (χ1) is 11.6. The predicted molar refractivity (Wildman–Crippen MR) is 90.5 cm³/mol.